The van der Waals surface area contributed by atoms with Crippen LogP contribution >= 0.6 is 11.6 Å². The summed E-state index contributed by atoms with van der Waals surface area (Å²) in [6.07, 6.45) is 0.629. The first-order chi connectivity index (χ1) is 7.13. The second kappa shape index (κ2) is 4.43. The van der Waals surface area contributed by atoms with Gasteiger partial charge in [0.25, 0.3) is 0 Å². The smallest absolute Gasteiger partial charge is 0.144 e. The lowest BCUT2D eigenvalue weighted by Gasteiger charge is -2.13. The van der Waals surface area contributed by atoms with E-state index in [0.717, 1.165) is 24.5 Å². The van der Waals surface area contributed by atoms with Crippen LogP contribution in [0.2, 0.25) is 5.15 Å². The van der Waals surface area contributed by atoms with Crippen LogP contribution in [0.3, 0.4) is 0 Å². The van der Waals surface area contributed by atoms with Crippen molar-refractivity contribution >= 4 is 11.6 Å². The zero-order valence-electron chi connectivity index (χ0n) is 8.65. The standard InChI is InChI=1S/C10H14ClN3O/c1-7-4-9(11)13-10(12-7)6-14-3-2-8(15)5-14/h4,8,15H,2-3,5-6H2,1H3/t8-/m0/s1. The van der Waals surface area contributed by atoms with E-state index in [1.54, 1.807) is 6.07 Å². The Morgan fingerprint density at radius 1 is 1.60 bits per heavy atom. The third kappa shape index (κ3) is 2.87. The molecule has 0 radical (unpaired) electrons. The SMILES string of the molecule is Cc1cc(Cl)nc(CN2CC[C@H](O)C2)n1. The monoisotopic (exact) mass is 227 g/mol. The second-order valence-electron chi connectivity index (χ2n) is 3.93. The minimum absolute atomic E-state index is 0.203. The second-order valence-corrected chi connectivity index (χ2v) is 4.31. The van der Waals surface area contributed by atoms with Crippen LogP contribution in [0, 0.1) is 6.92 Å². The molecule has 82 valence electrons. The molecule has 1 aliphatic rings. The third-order valence-corrected chi connectivity index (χ3v) is 2.68. The Kier molecular flexibility index (Phi) is 3.19. The molecule has 1 atom stereocenters. The molecule has 0 unspecified atom stereocenters. The molecule has 0 spiro atoms. The van der Waals surface area contributed by atoms with Crippen molar-refractivity contribution < 1.29 is 5.11 Å². The molecule has 1 aromatic rings. The van der Waals surface area contributed by atoms with Gasteiger partial charge >= 0.3 is 0 Å². The topological polar surface area (TPSA) is 49.2 Å². The number of likely N-dealkylation sites (tertiary alicyclic amines) is 1. The van der Waals surface area contributed by atoms with Crippen molar-refractivity contribution in [1.29, 1.82) is 0 Å². The lowest BCUT2D eigenvalue weighted by molar-refractivity contribution is 0.174. The summed E-state index contributed by atoms with van der Waals surface area (Å²) in [5.41, 5.74) is 0.879. The zero-order chi connectivity index (χ0) is 10.8. The largest absolute Gasteiger partial charge is 0.392 e. The van der Waals surface area contributed by atoms with E-state index in [1.165, 1.54) is 0 Å². The van der Waals surface area contributed by atoms with Gasteiger partial charge in [-0.1, -0.05) is 11.6 Å². The fourth-order valence-electron chi connectivity index (χ4n) is 1.82. The zero-order valence-corrected chi connectivity index (χ0v) is 9.41. The fraction of sp³-hybridized carbons (Fsp3) is 0.600. The molecular formula is C10H14ClN3O. The molecule has 2 rings (SSSR count). The summed E-state index contributed by atoms with van der Waals surface area (Å²) in [6, 6.07) is 1.74. The van der Waals surface area contributed by atoms with E-state index >= 15 is 0 Å². The van der Waals surface area contributed by atoms with Crippen molar-refractivity contribution in [3.63, 3.8) is 0 Å². The Labute approximate surface area is 93.9 Å². The van der Waals surface area contributed by atoms with E-state index in [2.05, 4.69) is 14.9 Å². The minimum Gasteiger partial charge on any atom is -0.392 e. The highest BCUT2D eigenvalue weighted by Gasteiger charge is 2.20. The molecule has 0 aliphatic carbocycles. The lowest BCUT2D eigenvalue weighted by atomic mass is 10.3. The molecule has 1 saturated heterocycles. The summed E-state index contributed by atoms with van der Waals surface area (Å²) in [4.78, 5) is 10.6. The van der Waals surface area contributed by atoms with Crippen LogP contribution < -0.4 is 0 Å². The Bertz CT molecular complexity index is 338. The molecule has 0 bridgehead atoms. The number of aromatic nitrogens is 2. The van der Waals surface area contributed by atoms with E-state index in [0.29, 0.717) is 18.2 Å². The number of aliphatic hydroxyl groups is 1. The van der Waals surface area contributed by atoms with Gasteiger partial charge in [0.15, 0.2) is 0 Å². The molecule has 1 fully saturated rings. The van der Waals surface area contributed by atoms with Gasteiger partial charge in [0.1, 0.15) is 11.0 Å². The number of nitrogens with zero attached hydrogens (tertiary/aromatic N) is 3. The molecule has 0 aromatic carbocycles. The third-order valence-electron chi connectivity index (χ3n) is 2.48. The first-order valence-electron chi connectivity index (χ1n) is 5.04. The molecular weight excluding hydrogens is 214 g/mol. The molecule has 0 saturated carbocycles. The Morgan fingerprint density at radius 3 is 3.00 bits per heavy atom. The molecule has 2 heterocycles. The van der Waals surface area contributed by atoms with Crippen LogP contribution in [0.5, 0.6) is 0 Å². The summed E-state index contributed by atoms with van der Waals surface area (Å²) in [7, 11) is 0. The maximum absolute atomic E-state index is 9.38. The summed E-state index contributed by atoms with van der Waals surface area (Å²) in [6.45, 7) is 4.17. The van der Waals surface area contributed by atoms with E-state index in [4.69, 9.17) is 11.6 Å². The summed E-state index contributed by atoms with van der Waals surface area (Å²) >= 11 is 5.85. The molecule has 4 nitrogen and oxygen atoms in total. The van der Waals surface area contributed by atoms with E-state index in [-0.39, 0.29) is 6.10 Å². The normalized spacial score (nSPS) is 22.2. The van der Waals surface area contributed by atoms with Gasteiger partial charge in [0.05, 0.1) is 12.6 Å². The van der Waals surface area contributed by atoms with Crippen LogP contribution in [0.15, 0.2) is 6.07 Å². The predicted octanol–water partition coefficient (Wildman–Crippen LogP) is 1.01. The van der Waals surface area contributed by atoms with Gasteiger partial charge in [-0.05, 0) is 19.4 Å². The highest BCUT2D eigenvalue weighted by atomic mass is 35.5. The molecule has 5 heteroatoms. The Hall–Kier alpha value is -0.710. The van der Waals surface area contributed by atoms with Crippen molar-refractivity contribution in [2.45, 2.75) is 26.0 Å². The molecule has 1 aliphatic heterocycles. The first-order valence-corrected chi connectivity index (χ1v) is 5.42. The Balaban J connectivity index is 2.04. The average Bonchev–Trinajstić information content (AvgIpc) is 2.49. The van der Waals surface area contributed by atoms with Crippen LogP contribution in [0.25, 0.3) is 0 Å². The summed E-state index contributed by atoms with van der Waals surface area (Å²) in [5.74, 6) is 0.731. The van der Waals surface area contributed by atoms with Gasteiger partial charge in [-0.2, -0.15) is 0 Å². The number of hydrogen-bond donors (Lipinski definition) is 1. The van der Waals surface area contributed by atoms with Gasteiger partial charge in [-0.3, -0.25) is 4.90 Å². The van der Waals surface area contributed by atoms with Crippen molar-refractivity contribution in [1.82, 2.24) is 14.9 Å². The number of aryl methyl sites for hydroxylation is 1. The predicted molar refractivity (Wildman–Crippen MR) is 57.7 cm³/mol. The maximum Gasteiger partial charge on any atom is 0.144 e. The number of halogens is 1. The van der Waals surface area contributed by atoms with Gasteiger partial charge in [-0.15, -0.1) is 0 Å². The highest BCUT2D eigenvalue weighted by molar-refractivity contribution is 6.29. The van der Waals surface area contributed by atoms with E-state index in [1.807, 2.05) is 6.92 Å². The number of β-amino-alcohol motifs (C(OH)–C–C–N with tert-alkyl or cyclic N) is 1. The van der Waals surface area contributed by atoms with Gasteiger partial charge in [0.2, 0.25) is 0 Å². The first kappa shape index (κ1) is 10.8. The van der Waals surface area contributed by atoms with Gasteiger partial charge in [-0.25, -0.2) is 9.97 Å². The number of hydrogen-bond acceptors (Lipinski definition) is 4. The van der Waals surface area contributed by atoms with Gasteiger partial charge in [0, 0.05) is 18.8 Å². The Morgan fingerprint density at radius 2 is 2.40 bits per heavy atom. The minimum atomic E-state index is -0.203. The van der Waals surface area contributed by atoms with Crippen molar-refractivity contribution in [2.75, 3.05) is 13.1 Å². The number of rotatable bonds is 2. The molecule has 0 amide bonds. The lowest BCUT2D eigenvalue weighted by Crippen LogP contribution is -2.22. The van der Waals surface area contributed by atoms with Crippen LogP contribution in [-0.2, 0) is 6.54 Å². The molecule has 1 aromatic heterocycles. The van der Waals surface area contributed by atoms with Crippen LogP contribution in [-0.4, -0.2) is 39.2 Å². The number of aliphatic hydroxyl groups excluding tert-OH is 1. The molecule has 1 N–H and O–H groups in total. The summed E-state index contributed by atoms with van der Waals surface area (Å²) in [5, 5.41) is 9.86. The van der Waals surface area contributed by atoms with E-state index < -0.39 is 0 Å². The van der Waals surface area contributed by atoms with Crippen molar-refractivity contribution in [3.8, 4) is 0 Å². The summed E-state index contributed by atoms with van der Waals surface area (Å²) < 4.78 is 0. The van der Waals surface area contributed by atoms with Crippen molar-refractivity contribution in [2.24, 2.45) is 0 Å². The highest BCUT2D eigenvalue weighted by Crippen LogP contribution is 2.13. The van der Waals surface area contributed by atoms with Gasteiger partial charge < -0.3 is 5.11 Å². The average molecular weight is 228 g/mol. The van der Waals surface area contributed by atoms with Crippen LogP contribution in [0.4, 0.5) is 0 Å². The maximum atomic E-state index is 9.38. The van der Waals surface area contributed by atoms with Crippen LogP contribution in [0.1, 0.15) is 17.9 Å². The van der Waals surface area contributed by atoms with E-state index in [9.17, 15) is 5.11 Å². The quantitative estimate of drug-likeness (QED) is 0.766. The van der Waals surface area contributed by atoms with Crippen molar-refractivity contribution in [3.05, 3.63) is 22.7 Å². The fourth-order valence-corrected chi connectivity index (χ4v) is 2.07. The molecule has 15 heavy (non-hydrogen) atoms.